The minimum atomic E-state index is -3.86. The highest BCUT2D eigenvalue weighted by Gasteiger charge is 2.27. The third-order valence-electron chi connectivity index (χ3n) is 12.6. The molecule has 0 unspecified atom stereocenters. The van der Waals surface area contributed by atoms with Crippen LogP contribution >= 0.6 is 50.7 Å². The van der Waals surface area contributed by atoms with Crippen molar-refractivity contribution in [1.82, 2.24) is 34.7 Å². The van der Waals surface area contributed by atoms with E-state index in [9.17, 15) is 36.0 Å². The summed E-state index contributed by atoms with van der Waals surface area (Å²) in [6, 6.07) is 41.2. The summed E-state index contributed by atoms with van der Waals surface area (Å²) in [5, 5.41) is 36.6. The Kier molecular flexibility index (Phi) is 24.5. The number of benzene rings is 6. The summed E-state index contributed by atoms with van der Waals surface area (Å²) in [6.45, 7) is 9.51. The van der Waals surface area contributed by atoms with Gasteiger partial charge in [0, 0.05) is 50.8 Å². The van der Waals surface area contributed by atoms with Crippen LogP contribution in [0.4, 0.5) is 0 Å². The molecule has 3 heterocycles. The van der Waals surface area contributed by atoms with Crippen LogP contribution in [0.5, 0.6) is 0 Å². The van der Waals surface area contributed by atoms with Gasteiger partial charge in [0.15, 0.2) is 17.1 Å². The molecule has 0 aliphatic rings. The maximum atomic E-state index is 12.7. The van der Waals surface area contributed by atoms with Crippen molar-refractivity contribution in [2.75, 3.05) is 19.8 Å². The van der Waals surface area contributed by atoms with Gasteiger partial charge in [-0.25, -0.2) is 50.7 Å². The van der Waals surface area contributed by atoms with Gasteiger partial charge in [-0.15, -0.1) is 0 Å². The average molecular weight is 1350 g/mol. The minimum Gasteiger partial charge on any atom is -0.481 e. The predicted molar refractivity (Wildman–Crippen MR) is 341 cm³/mol. The number of hydrogen-bond acceptors (Lipinski definition) is 13. The van der Waals surface area contributed by atoms with Crippen LogP contribution in [-0.2, 0) is 34.3 Å². The van der Waals surface area contributed by atoms with Crippen molar-refractivity contribution in [2.45, 2.75) is 72.1 Å². The fourth-order valence-electron chi connectivity index (χ4n) is 8.64. The van der Waals surface area contributed by atoms with Crippen molar-refractivity contribution >= 4 is 94.6 Å². The number of para-hydroxylation sites is 3. The molecule has 6 aromatic carbocycles. The highest BCUT2D eigenvalue weighted by atomic mass is 79.9. The predicted octanol–water partition coefficient (Wildman–Crippen LogP) is 12.8. The second-order valence-electron chi connectivity index (χ2n) is 18.4. The lowest BCUT2D eigenvalue weighted by molar-refractivity contribution is -0.137. The van der Waals surface area contributed by atoms with Gasteiger partial charge in [-0.3, -0.25) is 9.59 Å². The first kappa shape index (κ1) is 69.8. The molecule has 0 bridgehead atoms. The van der Waals surface area contributed by atoms with Gasteiger partial charge in [-0.1, -0.05) is 138 Å². The summed E-state index contributed by atoms with van der Waals surface area (Å²) < 4.78 is 62.2. The molecule has 87 heavy (non-hydrogen) atoms. The Morgan fingerprint density at radius 3 is 1.15 bits per heavy atom. The third-order valence-corrected chi connectivity index (χ3v) is 16.0. The lowest BCUT2D eigenvalue weighted by Gasteiger charge is -2.10. The maximum absolute atomic E-state index is 12.7. The van der Waals surface area contributed by atoms with Crippen LogP contribution in [0.15, 0.2) is 160 Å². The fourth-order valence-corrected chi connectivity index (χ4v) is 10.6. The summed E-state index contributed by atoms with van der Waals surface area (Å²) in [4.78, 5) is 48.0. The first-order chi connectivity index (χ1) is 40.4. The number of sulfonamides is 2. The van der Waals surface area contributed by atoms with Crippen molar-refractivity contribution in [3.05, 3.63) is 199 Å². The summed E-state index contributed by atoms with van der Waals surface area (Å²) in [7, 11) is -7.67. The number of nitrogens with zero attached hydrogens (tertiary/aromatic N) is 6. The largest absolute Gasteiger partial charge is 0.481 e. The molecule has 6 N–H and O–H groups in total. The summed E-state index contributed by atoms with van der Waals surface area (Å²) in [5.74, 6) is -2.39. The average Bonchev–Trinajstić information content (AvgIpc) is 1.73. The normalized spacial score (nSPS) is 10.9. The molecule has 1 amide bonds. The van der Waals surface area contributed by atoms with Crippen LogP contribution in [0.3, 0.4) is 0 Å². The highest BCUT2D eigenvalue weighted by molar-refractivity contribution is 9.10. The number of primary sulfonamides is 2. The number of rotatable bonds is 17. The number of aromatic nitrogens is 6. The molecule has 0 fully saturated rings. The van der Waals surface area contributed by atoms with E-state index >= 15 is 0 Å². The Morgan fingerprint density at radius 2 is 0.839 bits per heavy atom. The molecule has 0 saturated heterocycles. The number of amides is 1. The Hall–Kier alpha value is -8.00. The number of carboxylic acid groups (broad SMARTS) is 1. The number of nitrogens with two attached hydrogens (primary N) is 2. The van der Waals surface area contributed by atoms with Gasteiger partial charge in [-0.05, 0) is 114 Å². The van der Waals surface area contributed by atoms with Crippen molar-refractivity contribution < 1.29 is 50.6 Å². The molecule has 458 valence electrons. The van der Waals surface area contributed by atoms with Crippen LogP contribution < -0.4 is 15.6 Å². The van der Waals surface area contributed by atoms with E-state index in [1.807, 2.05) is 49.4 Å². The SMILES string of the molecule is C.C.CCOC(=O)c1nn(-c2ccccc2Cl)c(-c2ccc(Br)cc2)c1C.CCOC(=O)c1nn(-c2ccccc2Cl)c(-c2ccc(S(N)(=O)=O)cc2)c1C.Cc1c(C(=O)NCCCC(=O)O)nn(-c2ccccc2Cl)c1-c1ccc(S(N)(=O)=O)cc1. The van der Waals surface area contributed by atoms with Gasteiger partial charge in [0.05, 0.1) is 72.2 Å². The maximum Gasteiger partial charge on any atom is 0.359 e. The zero-order valence-corrected chi connectivity index (χ0v) is 51.6. The Bertz CT molecular complexity index is 4180. The van der Waals surface area contributed by atoms with E-state index in [4.69, 9.17) is 59.7 Å². The second kappa shape index (κ2) is 30.6. The van der Waals surface area contributed by atoms with Crippen LogP contribution in [-0.4, -0.2) is 94.9 Å². The first-order valence-electron chi connectivity index (χ1n) is 25.8. The van der Waals surface area contributed by atoms with Crippen LogP contribution in [0.1, 0.15) is 89.7 Å². The Labute approximate surface area is 528 Å². The monoisotopic (exact) mass is 1350 g/mol. The van der Waals surface area contributed by atoms with Gasteiger partial charge < -0.3 is 19.9 Å². The smallest absolute Gasteiger partial charge is 0.359 e. The number of halogens is 4. The molecule has 9 aromatic rings. The van der Waals surface area contributed by atoms with Gasteiger partial charge >= 0.3 is 17.9 Å². The molecular formula is C61H63BrCl3N9O11S2. The molecule has 20 nitrogen and oxygen atoms in total. The Morgan fingerprint density at radius 1 is 0.529 bits per heavy atom. The lowest BCUT2D eigenvalue weighted by atomic mass is 10.1. The molecule has 26 heteroatoms. The van der Waals surface area contributed by atoms with Crippen molar-refractivity contribution in [3.8, 4) is 50.8 Å². The summed E-state index contributed by atoms with van der Waals surface area (Å²) in [5.41, 5.74) is 8.44. The number of ether oxygens (including phenoxy) is 2. The molecular weight excluding hydrogens is 1290 g/mol. The van der Waals surface area contributed by atoms with Crippen molar-refractivity contribution in [3.63, 3.8) is 0 Å². The van der Waals surface area contributed by atoms with E-state index in [-0.39, 0.29) is 62.0 Å². The molecule has 0 atom stereocenters. The summed E-state index contributed by atoms with van der Waals surface area (Å²) in [6.07, 6.45) is 0.224. The number of nitrogens with one attached hydrogen (secondary N) is 1. The molecule has 9 rings (SSSR count). The van der Waals surface area contributed by atoms with E-state index in [1.54, 1.807) is 116 Å². The van der Waals surface area contributed by atoms with Gasteiger partial charge in [0.1, 0.15) is 0 Å². The lowest BCUT2D eigenvalue weighted by Crippen LogP contribution is -2.26. The minimum absolute atomic E-state index is 0. The van der Waals surface area contributed by atoms with Crippen molar-refractivity contribution in [1.29, 1.82) is 0 Å². The quantitative estimate of drug-likeness (QED) is 0.0487. The number of hydrogen-bond donors (Lipinski definition) is 4. The van der Waals surface area contributed by atoms with Gasteiger partial charge in [0.2, 0.25) is 20.0 Å². The topological polar surface area (TPSA) is 293 Å². The molecule has 0 aliphatic carbocycles. The number of carbonyl (C=O) groups excluding carboxylic acids is 3. The third kappa shape index (κ3) is 16.8. The Balaban J connectivity index is 0.000000237. The van der Waals surface area contributed by atoms with E-state index in [0.717, 1.165) is 21.3 Å². The zero-order chi connectivity index (χ0) is 61.9. The molecule has 0 spiro atoms. The number of carbonyl (C=O) groups is 4. The van der Waals surface area contributed by atoms with E-state index in [2.05, 4.69) is 36.5 Å². The first-order valence-corrected chi connectivity index (χ1v) is 30.8. The molecule has 0 aliphatic heterocycles. The zero-order valence-electron chi connectivity index (χ0n) is 46.1. The van der Waals surface area contributed by atoms with Gasteiger partial charge in [-0.2, -0.15) is 15.3 Å². The molecule has 3 aromatic heterocycles. The standard InChI is InChI=1S/C21H21ClN4O5S.C19H16BrClN2O2.C19H18ClN3O4S.2CH4/c1-13-19(21(29)24-12-4-7-18(27)28)25-26(17-6-3-2-5-16(17)22)20(13)14-8-10-15(11-9-14)32(23,30)31;1-3-25-19(24)17-12(2)18(13-8-10-14(20)11-9-13)23(22-17)16-7-5-4-6-15(16)21;1-3-27-19(24)17-12(2)18(13-8-10-14(11-9-13)28(21,25)26)23(22-17)16-7-5-4-6-15(16)20;;/h2-3,5-6,8-11H,4,7,12H2,1H3,(H,24,29)(H,27,28)(H2,23,30,31);4-11H,3H2,1-2H3;4-11H,3H2,1-2H3,(H2,21,25,26);2*1H4. The van der Waals surface area contributed by atoms with E-state index < -0.39 is 43.9 Å². The second-order valence-corrected chi connectivity index (χ2v) is 23.7. The number of carboxylic acids is 1. The van der Waals surface area contributed by atoms with Crippen LogP contribution in [0.25, 0.3) is 50.8 Å². The van der Waals surface area contributed by atoms with Gasteiger partial charge in [0.25, 0.3) is 5.91 Å². The summed E-state index contributed by atoms with van der Waals surface area (Å²) >= 11 is 22.5. The van der Waals surface area contributed by atoms with E-state index in [0.29, 0.717) is 78.1 Å². The van der Waals surface area contributed by atoms with Crippen LogP contribution in [0.2, 0.25) is 15.1 Å². The number of aliphatic carboxylic acids is 1. The fraction of sp³-hybridized carbons (Fsp3) is 0.197. The number of esters is 2. The van der Waals surface area contributed by atoms with E-state index in [1.165, 1.54) is 28.9 Å². The van der Waals surface area contributed by atoms with Crippen molar-refractivity contribution in [2.24, 2.45) is 10.3 Å². The van der Waals surface area contributed by atoms with Crippen LogP contribution in [0, 0.1) is 20.8 Å². The molecule has 0 radical (unpaired) electrons. The molecule has 0 saturated carbocycles. The highest BCUT2D eigenvalue weighted by Crippen LogP contribution is 2.36.